The van der Waals surface area contributed by atoms with Crippen molar-refractivity contribution in [2.24, 2.45) is 11.8 Å². The van der Waals surface area contributed by atoms with Crippen LogP contribution in [0.4, 0.5) is 0 Å². The summed E-state index contributed by atoms with van der Waals surface area (Å²) in [5.41, 5.74) is 1.37. The molecular formula is C17H20N4O3. The van der Waals surface area contributed by atoms with Crippen LogP contribution in [-0.4, -0.2) is 53.1 Å². The Morgan fingerprint density at radius 1 is 1.38 bits per heavy atom. The van der Waals surface area contributed by atoms with Crippen LogP contribution in [0.5, 0.6) is 0 Å². The number of fused-ring (bicyclic) bond motifs is 1. The number of nitrogens with zero attached hydrogens (tertiary/aromatic N) is 3. The molecule has 4 rings (SSSR count). The largest absolute Gasteiger partial charge is 0.384 e. The maximum absolute atomic E-state index is 12.9. The normalized spacial score (nSPS) is 28.2. The topological polar surface area (TPSA) is 78.3 Å². The maximum Gasteiger partial charge on any atom is 0.253 e. The van der Waals surface area contributed by atoms with Crippen LogP contribution < -0.4 is 5.32 Å². The average Bonchev–Trinajstić information content (AvgIpc) is 3.27. The van der Waals surface area contributed by atoms with Gasteiger partial charge in [0.1, 0.15) is 12.7 Å². The van der Waals surface area contributed by atoms with Crippen molar-refractivity contribution in [1.82, 2.24) is 20.1 Å². The number of aromatic nitrogens is 3. The van der Waals surface area contributed by atoms with Crippen LogP contribution in [0.1, 0.15) is 16.8 Å². The number of benzene rings is 1. The van der Waals surface area contributed by atoms with E-state index in [0.29, 0.717) is 18.1 Å². The molecule has 1 aliphatic carbocycles. The van der Waals surface area contributed by atoms with Gasteiger partial charge in [0.25, 0.3) is 5.91 Å². The second-order valence-corrected chi connectivity index (χ2v) is 6.29. The number of methoxy groups -OCH3 is 1. The van der Waals surface area contributed by atoms with Crippen LogP contribution in [0.2, 0.25) is 0 Å². The molecule has 7 heteroatoms. The van der Waals surface area contributed by atoms with Crippen molar-refractivity contribution in [2.45, 2.75) is 18.6 Å². The van der Waals surface area contributed by atoms with Crippen LogP contribution in [-0.2, 0) is 9.47 Å². The number of hydrogen-bond donors (Lipinski definition) is 1. The predicted octanol–water partition coefficient (Wildman–Crippen LogP) is 1.05. The number of rotatable bonds is 5. The van der Waals surface area contributed by atoms with Crippen molar-refractivity contribution in [3.05, 3.63) is 42.5 Å². The summed E-state index contributed by atoms with van der Waals surface area (Å²) in [5.74, 6) is 0.514. The van der Waals surface area contributed by atoms with Gasteiger partial charge >= 0.3 is 0 Å². The number of carbonyl (C=O) groups excluding carboxylic acids is 1. The minimum atomic E-state index is -0.0873. The monoisotopic (exact) mass is 328 g/mol. The van der Waals surface area contributed by atoms with E-state index in [1.807, 2.05) is 24.3 Å². The quantitative estimate of drug-likeness (QED) is 0.887. The summed E-state index contributed by atoms with van der Waals surface area (Å²) in [6.45, 7) is 1.36. The van der Waals surface area contributed by atoms with Gasteiger partial charge in [0, 0.05) is 31.6 Å². The predicted molar refractivity (Wildman–Crippen MR) is 85.8 cm³/mol. The van der Waals surface area contributed by atoms with E-state index < -0.39 is 0 Å². The van der Waals surface area contributed by atoms with Crippen molar-refractivity contribution >= 4 is 5.91 Å². The van der Waals surface area contributed by atoms with E-state index in [-0.39, 0.29) is 24.0 Å². The van der Waals surface area contributed by atoms with Crippen molar-refractivity contribution in [2.75, 3.05) is 20.3 Å². The Morgan fingerprint density at radius 2 is 2.17 bits per heavy atom. The number of hydrogen-bond acceptors (Lipinski definition) is 5. The summed E-state index contributed by atoms with van der Waals surface area (Å²) < 4.78 is 12.8. The summed E-state index contributed by atoms with van der Waals surface area (Å²) in [6.07, 6.45) is 4.38. The zero-order valence-corrected chi connectivity index (χ0v) is 13.5. The molecule has 2 aliphatic rings. The van der Waals surface area contributed by atoms with Crippen LogP contribution >= 0.6 is 0 Å². The molecule has 24 heavy (non-hydrogen) atoms. The van der Waals surface area contributed by atoms with Gasteiger partial charge in [0.05, 0.1) is 24.0 Å². The fraction of sp³-hybridized carbons (Fsp3) is 0.471. The molecule has 0 unspecified atom stereocenters. The van der Waals surface area contributed by atoms with E-state index in [1.165, 1.54) is 0 Å². The van der Waals surface area contributed by atoms with E-state index in [1.54, 1.807) is 24.3 Å². The number of amides is 1. The molecule has 2 fully saturated rings. The molecule has 1 amide bonds. The average molecular weight is 328 g/mol. The second-order valence-electron chi connectivity index (χ2n) is 6.29. The van der Waals surface area contributed by atoms with Gasteiger partial charge in [-0.05, 0) is 18.6 Å². The van der Waals surface area contributed by atoms with Crippen molar-refractivity contribution in [3.63, 3.8) is 0 Å². The standard InChI is InChI=1S/C17H20N4O3/c1-23-8-13-15(12-6-7-24-16(12)13)20-17(22)11-4-2-3-5-14(11)21-9-18-19-10-21/h2-5,9-10,12-13,15-16H,6-8H2,1H3,(H,20,22)/t12-,13+,15+,16-/m1/s1. The molecule has 2 aromatic rings. The van der Waals surface area contributed by atoms with E-state index >= 15 is 0 Å². The van der Waals surface area contributed by atoms with Gasteiger partial charge in [-0.1, -0.05) is 12.1 Å². The molecule has 1 N–H and O–H groups in total. The lowest BCUT2D eigenvalue weighted by molar-refractivity contribution is -0.0809. The number of ether oxygens (including phenoxy) is 2. The fourth-order valence-electron chi connectivity index (χ4n) is 3.88. The van der Waals surface area contributed by atoms with E-state index in [0.717, 1.165) is 18.7 Å². The molecule has 1 aromatic carbocycles. The third-order valence-electron chi connectivity index (χ3n) is 5.03. The molecule has 4 atom stereocenters. The molecule has 1 aliphatic heterocycles. The number of para-hydroxylation sites is 1. The first-order valence-corrected chi connectivity index (χ1v) is 8.15. The molecule has 0 radical (unpaired) electrons. The summed E-state index contributed by atoms with van der Waals surface area (Å²) in [7, 11) is 1.68. The molecule has 1 aromatic heterocycles. The van der Waals surface area contributed by atoms with Crippen LogP contribution in [0.3, 0.4) is 0 Å². The molecule has 0 bridgehead atoms. The highest BCUT2D eigenvalue weighted by Crippen LogP contribution is 2.43. The zero-order valence-electron chi connectivity index (χ0n) is 13.5. The van der Waals surface area contributed by atoms with E-state index in [2.05, 4.69) is 15.5 Å². The first-order valence-electron chi connectivity index (χ1n) is 8.15. The second kappa shape index (κ2) is 6.33. The number of carbonyl (C=O) groups is 1. The lowest BCUT2D eigenvalue weighted by atomic mass is 9.67. The smallest absolute Gasteiger partial charge is 0.253 e. The first-order chi connectivity index (χ1) is 11.8. The zero-order chi connectivity index (χ0) is 16.5. The summed E-state index contributed by atoms with van der Waals surface area (Å²) in [5, 5.41) is 10.8. The van der Waals surface area contributed by atoms with Crippen LogP contribution in [0.25, 0.3) is 5.69 Å². The minimum Gasteiger partial charge on any atom is -0.384 e. The minimum absolute atomic E-state index is 0.0873. The molecule has 1 saturated carbocycles. The molecule has 126 valence electrons. The highest BCUT2D eigenvalue weighted by atomic mass is 16.5. The fourth-order valence-corrected chi connectivity index (χ4v) is 3.88. The van der Waals surface area contributed by atoms with Crippen LogP contribution in [0.15, 0.2) is 36.9 Å². The third-order valence-corrected chi connectivity index (χ3v) is 5.03. The summed E-state index contributed by atoms with van der Waals surface area (Å²) in [4.78, 5) is 12.9. The lowest BCUT2D eigenvalue weighted by Gasteiger charge is -2.47. The number of nitrogens with one attached hydrogen (secondary N) is 1. The highest BCUT2D eigenvalue weighted by molar-refractivity contribution is 5.98. The third kappa shape index (κ3) is 2.50. The highest BCUT2D eigenvalue weighted by Gasteiger charge is 2.54. The molecule has 0 spiro atoms. The molecule has 2 heterocycles. The van der Waals surface area contributed by atoms with Crippen molar-refractivity contribution in [3.8, 4) is 5.69 Å². The van der Waals surface area contributed by atoms with Gasteiger partial charge < -0.3 is 14.8 Å². The SMILES string of the molecule is COC[C@H]1[C@@H](NC(=O)c2ccccc2-n2cnnc2)[C@H]2CCO[C@H]21. The van der Waals surface area contributed by atoms with Crippen LogP contribution in [0, 0.1) is 11.8 Å². The van der Waals surface area contributed by atoms with Crippen molar-refractivity contribution in [1.29, 1.82) is 0 Å². The summed E-state index contributed by atoms with van der Waals surface area (Å²) >= 11 is 0. The van der Waals surface area contributed by atoms with Crippen molar-refractivity contribution < 1.29 is 14.3 Å². The maximum atomic E-state index is 12.9. The molecule has 1 saturated heterocycles. The molecule has 7 nitrogen and oxygen atoms in total. The summed E-state index contributed by atoms with van der Waals surface area (Å²) in [6, 6.07) is 7.55. The van der Waals surface area contributed by atoms with E-state index in [4.69, 9.17) is 9.47 Å². The Balaban J connectivity index is 1.55. The Labute approximate surface area is 140 Å². The van der Waals surface area contributed by atoms with E-state index in [9.17, 15) is 4.79 Å². The first kappa shape index (κ1) is 15.3. The Hall–Kier alpha value is -2.25. The molecular weight excluding hydrogens is 308 g/mol. The van der Waals surface area contributed by atoms with Gasteiger partial charge in [0.2, 0.25) is 0 Å². The Bertz CT molecular complexity index is 718. The Kier molecular flexibility index (Phi) is 4.03. The Morgan fingerprint density at radius 3 is 2.96 bits per heavy atom. The van der Waals surface area contributed by atoms with Gasteiger partial charge in [0.15, 0.2) is 0 Å². The van der Waals surface area contributed by atoms with Gasteiger partial charge in [-0.2, -0.15) is 0 Å². The van der Waals surface area contributed by atoms with Gasteiger partial charge in [-0.15, -0.1) is 10.2 Å². The van der Waals surface area contributed by atoms with Gasteiger partial charge in [-0.25, -0.2) is 0 Å². The lowest BCUT2D eigenvalue weighted by Crippen LogP contribution is -2.62. The van der Waals surface area contributed by atoms with Gasteiger partial charge in [-0.3, -0.25) is 9.36 Å².